The average Bonchev–Trinajstić information content (AvgIpc) is 2.86. The van der Waals surface area contributed by atoms with E-state index < -0.39 is 0 Å². The molecule has 20 heavy (non-hydrogen) atoms. The number of likely N-dealkylation sites (N-methyl/N-ethyl adjacent to an activating group) is 1. The van der Waals surface area contributed by atoms with Gasteiger partial charge in [0.05, 0.1) is 6.04 Å². The molecule has 1 heterocycles. The van der Waals surface area contributed by atoms with Crippen molar-refractivity contribution in [2.75, 3.05) is 20.1 Å². The van der Waals surface area contributed by atoms with E-state index in [-0.39, 0.29) is 18.0 Å². The van der Waals surface area contributed by atoms with Crippen LogP contribution in [-0.2, 0) is 11.3 Å². The summed E-state index contributed by atoms with van der Waals surface area (Å²) in [5.74, 6) is -0.144. The molecule has 108 valence electrons. The van der Waals surface area contributed by atoms with E-state index in [2.05, 4.69) is 29.6 Å². The predicted octanol–water partition coefficient (Wildman–Crippen LogP) is 1.37. The molecule has 0 saturated carbocycles. The van der Waals surface area contributed by atoms with E-state index in [1.54, 1.807) is 0 Å². The molecule has 0 aromatic heterocycles. The van der Waals surface area contributed by atoms with Crippen molar-refractivity contribution < 1.29 is 9.59 Å². The highest BCUT2D eigenvalue weighted by atomic mass is 16.2. The van der Waals surface area contributed by atoms with Gasteiger partial charge in [-0.1, -0.05) is 29.8 Å². The minimum Gasteiger partial charge on any atom is -0.336 e. The predicted molar refractivity (Wildman–Crippen MR) is 77.2 cm³/mol. The number of benzene rings is 1. The number of hydrogen-bond donors (Lipinski definition) is 1. The first-order chi connectivity index (χ1) is 9.49. The van der Waals surface area contributed by atoms with Crippen molar-refractivity contribution in [3.8, 4) is 0 Å². The number of nitrogens with one attached hydrogen (secondary N) is 1. The third-order valence-corrected chi connectivity index (χ3v) is 3.69. The van der Waals surface area contributed by atoms with Gasteiger partial charge in [0, 0.05) is 19.6 Å². The van der Waals surface area contributed by atoms with Crippen LogP contribution in [0, 0.1) is 6.92 Å². The van der Waals surface area contributed by atoms with E-state index in [0.29, 0.717) is 19.6 Å². The molecule has 1 aliphatic heterocycles. The zero-order valence-corrected chi connectivity index (χ0v) is 12.2. The normalized spacial score (nSPS) is 16.4. The van der Waals surface area contributed by atoms with E-state index in [1.807, 2.05) is 25.8 Å². The average molecular weight is 275 g/mol. The van der Waals surface area contributed by atoms with Crippen LogP contribution in [0.1, 0.15) is 18.1 Å². The summed E-state index contributed by atoms with van der Waals surface area (Å²) in [5.41, 5.74) is 2.37. The van der Waals surface area contributed by atoms with Crippen LogP contribution in [0.15, 0.2) is 24.3 Å². The van der Waals surface area contributed by atoms with Crippen LogP contribution in [0.3, 0.4) is 0 Å². The fourth-order valence-electron chi connectivity index (χ4n) is 2.21. The second-order valence-corrected chi connectivity index (χ2v) is 5.30. The van der Waals surface area contributed by atoms with Crippen LogP contribution in [0.4, 0.5) is 4.79 Å². The molecule has 1 fully saturated rings. The van der Waals surface area contributed by atoms with Crippen molar-refractivity contribution >= 4 is 11.9 Å². The maximum absolute atomic E-state index is 12.3. The Bertz CT molecular complexity index is 498. The molecular weight excluding hydrogens is 254 g/mol. The second-order valence-electron chi connectivity index (χ2n) is 5.30. The van der Waals surface area contributed by atoms with Gasteiger partial charge in [-0.3, -0.25) is 14.6 Å². The summed E-state index contributed by atoms with van der Waals surface area (Å²) in [6, 6.07) is 7.63. The molecule has 2 rings (SSSR count). The summed E-state index contributed by atoms with van der Waals surface area (Å²) in [6.45, 7) is 5.57. The van der Waals surface area contributed by atoms with Gasteiger partial charge < -0.3 is 5.32 Å². The number of hydrogen-bond acceptors (Lipinski definition) is 3. The minimum absolute atomic E-state index is 0.144. The van der Waals surface area contributed by atoms with Gasteiger partial charge in [-0.2, -0.15) is 0 Å². The van der Waals surface area contributed by atoms with Crippen molar-refractivity contribution in [3.05, 3.63) is 35.4 Å². The SMILES string of the molecule is Cc1ccc(CN(C)C(C)C(=O)N2CCNC2=O)cc1. The van der Waals surface area contributed by atoms with Crippen molar-refractivity contribution in [2.45, 2.75) is 26.4 Å². The summed E-state index contributed by atoms with van der Waals surface area (Å²) in [6.07, 6.45) is 0. The molecule has 1 unspecified atom stereocenters. The quantitative estimate of drug-likeness (QED) is 0.903. The van der Waals surface area contributed by atoms with Gasteiger partial charge in [0.1, 0.15) is 0 Å². The summed E-state index contributed by atoms with van der Waals surface area (Å²) in [7, 11) is 1.90. The molecule has 1 N–H and O–H groups in total. The van der Waals surface area contributed by atoms with Gasteiger partial charge in [-0.05, 0) is 26.5 Å². The summed E-state index contributed by atoms with van der Waals surface area (Å²) in [4.78, 5) is 27.0. The summed E-state index contributed by atoms with van der Waals surface area (Å²) >= 11 is 0. The van der Waals surface area contributed by atoms with Crippen molar-refractivity contribution in [1.82, 2.24) is 15.1 Å². The lowest BCUT2D eigenvalue weighted by Crippen LogP contribution is -2.46. The summed E-state index contributed by atoms with van der Waals surface area (Å²) in [5, 5.41) is 2.65. The van der Waals surface area contributed by atoms with Crippen LogP contribution >= 0.6 is 0 Å². The molecular formula is C15H21N3O2. The number of carbonyl (C=O) groups excluding carboxylic acids is 2. The maximum atomic E-state index is 12.3. The van der Waals surface area contributed by atoms with Gasteiger partial charge in [0.2, 0.25) is 5.91 Å². The first-order valence-electron chi connectivity index (χ1n) is 6.84. The van der Waals surface area contributed by atoms with Gasteiger partial charge in [-0.15, -0.1) is 0 Å². The largest absolute Gasteiger partial charge is 0.336 e. The van der Waals surface area contributed by atoms with Gasteiger partial charge in [0.15, 0.2) is 0 Å². The Balaban J connectivity index is 1.97. The van der Waals surface area contributed by atoms with Gasteiger partial charge >= 0.3 is 6.03 Å². The molecule has 0 bridgehead atoms. The highest BCUT2D eigenvalue weighted by molar-refractivity contribution is 5.98. The number of carbonyl (C=O) groups is 2. The Morgan fingerprint density at radius 2 is 2.05 bits per heavy atom. The van der Waals surface area contributed by atoms with E-state index in [0.717, 1.165) is 5.56 Å². The highest BCUT2D eigenvalue weighted by Gasteiger charge is 2.31. The lowest BCUT2D eigenvalue weighted by Gasteiger charge is -2.26. The number of amides is 3. The first kappa shape index (κ1) is 14.5. The third kappa shape index (κ3) is 3.17. The van der Waals surface area contributed by atoms with Crippen LogP contribution in [0.25, 0.3) is 0 Å². The number of aryl methyl sites for hydroxylation is 1. The molecule has 1 atom stereocenters. The Hall–Kier alpha value is -1.88. The monoisotopic (exact) mass is 275 g/mol. The Labute approximate surface area is 119 Å². The zero-order valence-electron chi connectivity index (χ0n) is 12.2. The lowest BCUT2D eigenvalue weighted by atomic mass is 10.1. The zero-order chi connectivity index (χ0) is 14.7. The third-order valence-electron chi connectivity index (χ3n) is 3.69. The molecule has 1 aromatic carbocycles. The number of imide groups is 1. The molecule has 1 saturated heterocycles. The molecule has 1 aliphatic rings. The smallest absolute Gasteiger partial charge is 0.324 e. The molecule has 5 heteroatoms. The van der Waals surface area contributed by atoms with E-state index >= 15 is 0 Å². The molecule has 3 amide bonds. The van der Waals surface area contributed by atoms with E-state index in [1.165, 1.54) is 10.5 Å². The van der Waals surface area contributed by atoms with Crippen LogP contribution in [0.2, 0.25) is 0 Å². The molecule has 5 nitrogen and oxygen atoms in total. The van der Waals surface area contributed by atoms with Crippen molar-refractivity contribution in [2.24, 2.45) is 0 Å². The fraction of sp³-hybridized carbons (Fsp3) is 0.467. The molecule has 0 spiro atoms. The second kappa shape index (κ2) is 6.05. The van der Waals surface area contributed by atoms with Gasteiger partial charge in [0.25, 0.3) is 0 Å². The van der Waals surface area contributed by atoms with Crippen LogP contribution in [0.5, 0.6) is 0 Å². The van der Waals surface area contributed by atoms with Crippen LogP contribution in [-0.4, -0.2) is 47.9 Å². The Morgan fingerprint density at radius 3 is 2.60 bits per heavy atom. The fourth-order valence-corrected chi connectivity index (χ4v) is 2.21. The van der Waals surface area contributed by atoms with E-state index in [4.69, 9.17) is 0 Å². The first-order valence-corrected chi connectivity index (χ1v) is 6.84. The standard InChI is InChI=1S/C15H21N3O2/c1-11-4-6-13(7-5-11)10-17(3)12(2)14(19)18-9-8-16-15(18)20/h4-7,12H,8-10H2,1-3H3,(H,16,20). The number of nitrogens with zero attached hydrogens (tertiary/aromatic N) is 2. The topological polar surface area (TPSA) is 52.7 Å². The minimum atomic E-state index is -0.319. The van der Waals surface area contributed by atoms with Crippen molar-refractivity contribution in [3.63, 3.8) is 0 Å². The molecule has 0 aliphatic carbocycles. The number of urea groups is 1. The van der Waals surface area contributed by atoms with Crippen molar-refractivity contribution in [1.29, 1.82) is 0 Å². The lowest BCUT2D eigenvalue weighted by molar-refractivity contribution is -0.132. The number of rotatable bonds is 4. The van der Waals surface area contributed by atoms with Gasteiger partial charge in [-0.25, -0.2) is 4.79 Å². The molecule has 1 aromatic rings. The van der Waals surface area contributed by atoms with E-state index in [9.17, 15) is 9.59 Å². The maximum Gasteiger partial charge on any atom is 0.324 e. The summed E-state index contributed by atoms with van der Waals surface area (Å²) < 4.78 is 0. The Kier molecular flexibility index (Phi) is 4.39. The highest BCUT2D eigenvalue weighted by Crippen LogP contribution is 2.11. The molecule has 0 radical (unpaired) electrons. The van der Waals surface area contributed by atoms with Crippen LogP contribution < -0.4 is 5.32 Å². The Morgan fingerprint density at radius 1 is 1.40 bits per heavy atom.